The van der Waals surface area contributed by atoms with Crippen LogP contribution in [0.5, 0.6) is 0 Å². The number of rotatable bonds is 2. The van der Waals surface area contributed by atoms with Gasteiger partial charge < -0.3 is 20.5 Å². The first-order valence-electron chi connectivity index (χ1n) is 10.1. The SMILES string of the molecule is Cn1cncc1C(=O)Nc1cc2cc(c1)Nc1nc(ncc1Cl)Nc1cccc(c1)CC2. The van der Waals surface area contributed by atoms with Gasteiger partial charge in [0.15, 0.2) is 5.82 Å². The molecule has 6 bridgehead atoms. The predicted molar refractivity (Wildman–Crippen MR) is 125 cm³/mol. The maximum atomic E-state index is 12.7. The van der Waals surface area contributed by atoms with E-state index >= 15 is 0 Å². The van der Waals surface area contributed by atoms with Crippen molar-refractivity contribution in [3.05, 3.63) is 83.0 Å². The number of carbonyl (C=O) groups is 1. The van der Waals surface area contributed by atoms with Crippen LogP contribution in [-0.4, -0.2) is 25.4 Å². The molecule has 0 radical (unpaired) electrons. The molecule has 3 heterocycles. The average Bonchev–Trinajstić information content (AvgIpc) is 3.20. The molecule has 4 aromatic rings. The van der Waals surface area contributed by atoms with Crippen LogP contribution in [0.15, 0.2) is 61.2 Å². The van der Waals surface area contributed by atoms with Gasteiger partial charge in [-0.25, -0.2) is 9.97 Å². The van der Waals surface area contributed by atoms with Crippen LogP contribution in [-0.2, 0) is 19.9 Å². The van der Waals surface area contributed by atoms with E-state index in [-0.39, 0.29) is 5.91 Å². The van der Waals surface area contributed by atoms with Gasteiger partial charge in [0.1, 0.15) is 10.7 Å². The number of aromatic nitrogens is 4. The predicted octanol–water partition coefficient (Wildman–Crippen LogP) is 4.70. The first-order chi connectivity index (χ1) is 15.5. The molecule has 160 valence electrons. The summed E-state index contributed by atoms with van der Waals surface area (Å²) >= 11 is 6.35. The van der Waals surface area contributed by atoms with Crippen LogP contribution in [0.1, 0.15) is 21.6 Å². The summed E-state index contributed by atoms with van der Waals surface area (Å²) in [5.74, 6) is 0.681. The van der Waals surface area contributed by atoms with Gasteiger partial charge in [-0.3, -0.25) is 4.79 Å². The number of amides is 1. The molecule has 0 atom stereocenters. The average molecular weight is 446 g/mol. The molecule has 8 nitrogen and oxygen atoms in total. The number of hydrogen-bond acceptors (Lipinski definition) is 6. The first kappa shape index (κ1) is 20.0. The van der Waals surface area contributed by atoms with Crippen LogP contribution in [0, 0.1) is 0 Å². The Morgan fingerprint density at radius 3 is 2.75 bits per heavy atom. The molecule has 1 aliphatic rings. The lowest BCUT2D eigenvalue weighted by atomic mass is 10.0. The summed E-state index contributed by atoms with van der Waals surface area (Å²) in [6, 6.07) is 14.0. The molecule has 0 saturated heterocycles. The van der Waals surface area contributed by atoms with Crippen LogP contribution in [0.25, 0.3) is 0 Å². The number of fused-ring (bicyclic) bond motifs is 6. The van der Waals surface area contributed by atoms with Crippen molar-refractivity contribution in [3.8, 4) is 0 Å². The molecule has 0 unspecified atom stereocenters. The van der Waals surface area contributed by atoms with Gasteiger partial charge in [0.25, 0.3) is 5.91 Å². The number of carbonyl (C=O) groups excluding carboxylic acids is 1. The molecule has 0 saturated carbocycles. The lowest BCUT2D eigenvalue weighted by Gasteiger charge is -2.13. The Kier molecular flexibility index (Phi) is 5.20. The minimum absolute atomic E-state index is 0.231. The zero-order chi connectivity index (χ0) is 22.1. The smallest absolute Gasteiger partial charge is 0.273 e. The highest BCUT2D eigenvalue weighted by Crippen LogP contribution is 2.29. The molecule has 0 fully saturated rings. The third-order valence-electron chi connectivity index (χ3n) is 5.19. The third kappa shape index (κ3) is 4.26. The second-order valence-electron chi connectivity index (χ2n) is 7.60. The Balaban J connectivity index is 1.54. The Morgan fingerprint density at radius 2 is 1.91 bits per heavy atom. The van der Waals surface area contributed by atoms with Gasteiger partial charge >= 0.3 is 0 Å². The topological polar surface area (TPSA) is 96.8 Å². The van der Waals surface area contributed by atoms with E-state index < -0.39 is 0 Å². The monoisotopic (exact) mass is 445 g/mol. The zero-order valence-electron chi connectivity index (χ0n) is 17.3. The molecule has 0 aliphatic carbocycles. The molecule has 1 amide bonds. The second kappa shape index (κ2) is 8.32. The van der Waals surface area contributed by atoms with Crippen molar-refractivity contribution in [2.45, 2.75) is 12.8 Å². The molecule has 2 aromatic heterocycles. The Hall–Kier alpha value is -3.91. The summed E-state index contributed by atoms with van der Waals surface area (Å²) in [5.41, 5.74) is 5.07. The molecular weight excluding hydrogens is 426 g/mol. The molecular formula is C23H20ClN7O. The van der Waals surface area contributed by atoms with Gasteiger partial charge in [0, 0.05) is 24.1 Å². The highest BCUT2D eigenvalue weighted by molar-refractivity contribution is 6.32. The maximum absolute atomic E-state index is 12.7. The van der Waals surface area contributed by atoms with Crippen molar-refractivity contribution in [1.82, 2.24) is 19.5 Å². The minimum atomic E-state index is -0.231. The van der Waals surface area contributed by atoms with E-state index in [1.807, 2.05) is 30.3 Å². The minimum Gasteiger partial charge on any atom is -0.339 e. The normalized spacial score (nSPS) is 12.4. The molecule has 9 heteroatoms. The largest absolute Gasteiger partial charge is 0.339 e. The zero-order valence-corrected chi connectivity index (χ0v) is 18.0. The number of benzene rings is 2. The molecule has 5 rings (SSSR count). The van der Waals surface area contributed by atoms with E-state index in [4.69, 9.17) is 11.6 Å². The van der Waals surface area contributed by atoms with E-state index in [0.717, 1.165) is 29.8 Å². The van der Waals surface area contributed by atoms with Crippen molar-refractivity contribution in [1.29, 1.82) is 0 Å². The van der Waals surface area contributed by atoms with Crippen molar-refractivity contribution >= 4 is 46.3 Å². The van der Waals surface area contributed by atoms with Gasteiger partial charge in [-0.1, -0.05) is 23.7 Å². The fourth-order valence-electron chi connectivity index (χ4n) is 3.63. The summed E-state index contributed by atoms with van der Waals surface area (Å²) in [6.07, 6.45) is 6.32. The summed E-state index contributed by atoms with van der Waals surface area (Å²) in [7, 11) is 1.78. The van der Waals surface area contributed by atoms with Gasteiger partial charge in [0.2, 0.25) is 5.95 Å². The first-order valence-corrected chi connectivity index (χ1v) is 10.5. The molecule has 3 N–H and O–H groups in total. The van der Waals surface area contributed by atoms with E-state index in [2.05, 4.69) is 43.0 Å². The number of aryl methyl sites for hydroxylation is 3. The summed E-state index contributed by atoms with van der Waals surface area (Å²) in [4.78, 5) is 25.5. The molecule has 32 heavy (non-hydrogen) atoms. The van der Waals surface area contributed by atoms with Gasteiger partial charge in [0.05, 0.1) is 18.7 Å². The lowest BCUT2D eigenvalue weighted by molar-refractivity contribution is 0.101. The molecule has 0 spiro atoms. The van der Waals surface area contributed by atoms with Crippen LogP contribution in [0.4, 0.5) is 28.8 Å². The summed E-state index contributed by atoms with van der Waals surface area (Å²) in [5, 5.41) is 9.86. The summed E-state index contributed by atoms with van der Waals surface area (Å²) in [6.45, 7) is 0. The number of anilines is 5. The maximum Gasteiger partial charge on any atom is 0.273 e. The second-order valence-corrected chi connectivity index (χ2v) is 8.01. The van der Waals surface area contributed by atoms with Crippen molar-refractivity contribution < 1.29 is 4.79 Å². The Bertz CT molecular complexity index is 1320. The van der Waals surface area contributed by atoms with Crippen LogP contribution < -0.4 is 16.0 Å². The fourth-order valence-corrected chi connectivity index (χ4v) is 3.76. The van der Waals surface area contributed by atoms with E-state index in [0.29, 0.717) is 28.2 Å². The highest BCUT2D eigenvalue weighted by Gasteiger charge is 2.13. The van der Waals surface area contributed by atoms with Crippen molar-refractivity contribution in [3.63, 3.8) is 0 Å². The van der Waals surface area contributed by atoms with Gasteiger partial charge in [-0.2, -0.15) is 4.98 Å². The highest BCUT2D eigenvalue weighted by atomic mass is 35.5. The number of nitrogens with zero attached hydrogens (tertiary/aromatic N) is 4. The number of halogens is 1. The van der Waals surface area contributed by atoms with Crippen molar-refractivity contribution in [2.24, 2.45) is 7.05 Å². The quantitative estimate of drug-likeness (QED) is 0.413. The molecule has 1 aliphatic heterocycles. The number of imidazole rings is 1. The Labute approximate surface area is 189 Å². The van der Waals surface area contributed by atoms with Crippen LogP contribution in [0.2, 0.25) is 5.02 Å². The van der Waals surface area contributed by atoms with Crippen LogP contribution in [0.3, 0.4) is 0 Å². The fraction of sp³-hybridized carbons (Fsp3) is 0.130. The standard InChI is InChI=1S/C23H20ClN7O/c1-31-13-25-12-20(31)22(32)28-18-9-15-6-5-14-3-2-4-16(7-14)29-23-26-11-19(24)21(30-23)27-17(8-15)10-18/h2-4,7-13H,5-6H2,1H3,(H,28,32)(H2,26,27,29,30). The van der Waals surface area contributed by atoms with E-state index in [9.17, 15) is 4.79 Å². The molecule has 2 aromatic carbocycles. The lowest BCUT2D eigenvalue weighted by Crippen LogP contribution is -2.15. The number of hydrogen-bond donors (Lipinski definition) is 3. The third-order valence-corrected chi connectivity index (χ3v) is 5.47. The van der Waals surface area contributed by atoms with Gasteiger partial charge in [-0.15, -0.1) is 0 Å². The number of nitrogens with one attached hydrogen (secondary N) is 3. The van der Waals surface area contributed by atoms with Crippen molar-refractivity contribution in [2.75, 3.05) is 16.0 Å². The van der Waals surface area contributed by atoms with E-state index in [1.54, 1.807) is 24.1 Å². The summed E-state index contributed by atoms with van der Waals surface area (Å²) < 4.78 is 1.68. The van der Waals surface area contributed by atoms with Gasteiger partial charge in [-0.05, 0) is 54.3 Å². The Morgan fingerprint density at radius 1 is 1.06 bits per heavy atom. The van der Waals surface area contributed by atoms with E-state index in [1.165, 1.54) is 11.8 Å². The van der Waals surface area contributed by atoms with Crippen LogP contribution >= 0.6 is 11.6 Å².